The van der Waals surface area contributed by atoms with Crippen molar-refractivity contribution in [2.24, 2.45) is 0 Å². The van der Waals surface area contributed by atoms with Crippen molar-refractivity contribution in [3.05, 3.63) is 95.3 Å². The van der Waals surface area contributed by atoms with Crippen molar-refractivity contribution >= 4 is 36.4 Å². The number of methoxy groups -OCH3 is 1. The number of aryl methyl sites for hydroxylation is 1. The fourth-order valence-electron chi connectivity index (χ4n) is 5.49. The maximum absolute atomic E-state index is 13.3. The molecule has 1 aliphatic rings. The first kappa shape index (κ1) is 33.0. The highest BCUT2D eigenvalue weighted by Crippen LogP contribution is 2.31. The zero-order chi connectivity index (χ0) is 28.1. The van der Waals surface area contributed by atoms with E-state index >= 15 is 0 Å². The van der Waals surface area contributed by atoms with Crippen molar-refractivity contribution in [3.8, 4) is 22.8 Å². The molecule has 1 aliphatic heterocycles. The number of piperazine rings is 1. The standard InChI is InChI=1S/C33H39N5O2.2ClH/c1-24-12-10-16-28(25(24)2)37-22-20-36(21-23-37)19-11-18-34-33(39)31-26(3)38(29-15-8-9-17-30(29)40-4)32(35-31)27-13-6-5-7-14-27;;/h5-10,12-17H,11,18-23H2,1-4H3,(H,34,39);2*1H. The van der Waals surface area contributed by atoms with Gasteiger partial charge in [-0.2, -0.15) is 0 Å². The van der Waals surface area contributed by atoms with Crippen LogP contribution in [-0.4, -0.2) is 66.7 Å². The summed E-state index contributed by atoms with van der Waals surface area (Å²) in [5.74, 6) is 1.29. The van der Waals surface area contributed by atoms with Gasteiger partial charge < -0.3 is 15.0 Å². The van der Waals surface area contributed by atoms with Crippen molar-refractivity contribution in [3.63, 3.8) is 0 Å². The van der Waals surface area contributed by atoms with Crippen molar-refractivity contribution in [2.45, 2.75) is 27.2 Å². The van der Waals surface area contributed by atoms with Crippen LogP contribution in [0.4, 0.5) is 5.69 Å². The molecule has 1 N–H and O–H groups in total. The Balaban J connectivity index is 0.00000242. The second-order valence-corrected chi connectivity index (χ2v) is 10.4. The number of halogens is 2. The highest BCUT2D eigenvalue weighted by Gasteiger charge is 2.23. The molecule has 2 heterocycles. The van der Waals surface area contributed by atoms with Crippen LogP contribution in [0.3, 0.4) is 0 Å². The summed E-state index contributed by atoms with van der Waals surface area (Å²) in [6.45, 7) is 12.0. The summed E-state index contributed by atoms with van der Waals surface area (Å²) in [4.78, 5) is 23.1. The SMILES string of the molecule is COc1ccccc1-n1c(-c2ccccc2)nc(C(=O)NCCCN2CCN(c3cccc(C)c3C)CC2)c1C.Cl.Cl. The zero-order valence-electron chi connectivity index (χ0n) is 24.8. The number of benzene rings is 3. The first-order valence-corrected chi connectivity index (χ1v) is 14.1. The Bertz CT molecular complexity index is 1470. The number of hydrogen-bond donors (Lipinski definition) is 1. The maximum atomic E-state index is 13.3. The molecule has 42 heavy (non-hydrogen) atoms. The van der Waals surface area contributed by atoms with Crippen LogP contribution in [0.25, 0.3) is 17.1 Å². The van der Waals surface area contributed by atoms with Gasteiger partial charge in [-0.3, -0.25) is 14.3 Å². The number of nitrogens with zero attached hydrogens (tertiary/aromatic N) is 4. The third-order valence-electron chi connectivity index (χ3n) is 7.91. The highest BCUT2D eigenvalue weighted by molar-refractivity contribution is 5.94. The van der Waals surface area contributed by atoms with E-state index in [1.807, 2.05) is 66.1 Å². The van der Waals surface area contributed by atoms with E-state index in [0.717, 1.165) is 67.7 Å². The molecule has 0 unspecified atom stereocenters. The predicted molar refractivity (Wildman–Crippen MR) is 176 cm³/mol. The molecule has 1 saturated heterocycles. The van der Waals surface area contributed by atoms with Crippen LogP contribution in [-0.2, 0) is 0 Å². The number of rotatable bonds is 9. The first-order chi connectivity index (χ1) is 19.5. The molecule has 0 spiro atoms. The lowest BCUT2D eigenvalue weighted by Gasteiger charge is -2.37. The molecule has 5 rings (SSSR count). The molecule has 0 saturated carbocycles. The van der Waals surface area contributed by atoms with Gasteiger partial charge in [0.15, 0.2) is 0 Å². The second-order valence-electron chi connectivity index (χ2n) is 10.4. The molecule has 7 nitrogen and oxygen atoms in total. The van der Waals surface area contributed by atoms with Gasteiger partial charge in [-0.1, -0.05) is 54.6 Å². The Kier molecular flexibility index (Phi) is 11.9. The minimum Gasteiger partial charge on any atom is -0.495 e. The fourth-order valence-corrected chi connectivity index (χ4v) is 5.49. The molecular formula is C33H41Cl2N5O2. The number of carbonyl (C=O) groups is 1. The number of ether oxygens (including phenoxy) is 1. The molecule has 0 aliphatic carbocycles. The van der Waals surface area contributed by atoms with Crippen LogP contribution in [0.5, 0.6) is 5.75 Å². The molecule has 1 amide bonds. The molecular weight excluding hydrogens is 569 g/mol. The Hall–Kier alpha value is -3.52. The largest absolute Gasteiger partial charge is 0.495 e. The Morgan fingerprint density at radius 3 is 2.24 bits per heavy atom. The molecule has 9 heteroatoms. The Morgan fingerprint density at radius 2 is 1.52 bits per heavy atom. The summed E-state index contributed by atoms with van der Waals surface area (Å²) in [7, 11) is 1.66. The number of aromatic nitrogens is 2. The zero-order valence-corrected chi connectivity index (χ0v) is 26.4. The van der Waals surface area contributed by atoms with E-state index in [1.165, 1.54) is 16.8 Å². The lowest BCUT2D eigenvalue weighted by atomic mass is 10.1. The van der Waals surface area contributed by atoms with Gasteiger partial charge in [-0.05, 0) is 63.1 Å². The highest BCUT2D eigenvalue weighted by atomic mass is 35.5. The van der Waals surface area contributed by atoms with Crippen molar-refractivity contribution in [1.82, 2.24) is 19.8 Å². The van der Waals surface area contributed by atoms with Gasteiger partial charge >= 0.3 is 0 Å². The average Bonchev–Trinajstić information content (AvgIpc) is 3.34. The minimum atomic E-state index is -0.150. The van der Waals surface area contributed by atoms with Gasteiger partial charge in [0, 0.05) is 44.0 Å². The minimum absolute atomic E-state index is 0. The normalized spacial score (nSPS) is 13.2. The van der Waals surface area contributed by atoms with Gasteiger partial charge in [-0.15, -0.1) is 24.8 Å². The Morgan fingerprint density at radius 1 is 0.857 bits per heavy atom. The Labute approximate surface area is 261 Å². The number of amides is 1. The third-order valence-corrected chi connectivity index (χ3v) is 7.91. The van der Waals surface area contributed by atoms with Gasteiger partial charge in [0.25, 0.3) is 5.91 Å². The van der Waals surface area contributed by atoms with Crippen LogP contribution in [0.15, 0.2) is 72.8 Å². The fraction of sp³-hybridized carbons (Fsp3) is 0.333. The molecule has 1 fully saturated rings. The number of hydrogen-bond acceptors (Lipinski definition) is 5. The van der Waals surface area contributed by atoms with E-state index in [4.69, 9.17) is 9.72 Å². The molecule has 3 aromatic carbocycles. The topological polar surface area (TPSA) is 62.6 Å². The lowest BCUT2D eigenvalue weighted by Crippen LogP contribution is -2.47. The van der Waals surface area contributed by atoms with E-state index in [9.17, 15) is 4.79 Å². The first-order valence-electron chi connectivity index (χ1n) is 14.1. The van der Waals surface area contributed by atoms with Gasteiger partial charge in [0.2, 0.25) is 0 Å². The van der Waals surface area contributed by atoms with Gasteiger partial charge in [0.1, 0.15) is 17.3 Å². The number of imidazole rings is 1. The third kappa shape index (κ3) is 7.09. The summed E-state index contributed by atoms with van der Waals surface area (Å²) in [5.41, 5.74) is 7.08. The van der Waals surface area contributed by atoms with Crippen molar-refractivity contribution < 1.29 is 9.53 Å². The number of carbonyl (C=O) groups excluding carboxylic acids is 1. The summed E-state index contributed by atoms with van der Waals surface area (Å²) < 4.78 is 7.65. The van der Waals surface area contributed by atoms with Crippen molar-refractivity contribution in [1.29, 1.82) is 0 Å². The van der Waals surface area contributed by atoms with Gasteiger partial charge in [-0.25, -0.2) is 4.98 Å². The summed E-state index contributed by atoms with van der Waals surface area (Å²) >= 11 is 0. The second kappa shape index (κ2) is 15.1. The van der Waals surface area contributed by atoms with Crippen LogP contribution >= 0.6 is 24.8 Å². The summed E-state index contributed by atoms with van der Waals surface area (Å²) in [6.07, 6.45) is 0.896. The van der Waals surface area contributed by atoms with E-state index in [2.05, 4.69) is 47.2 Å². The average molecular weight is 611 g/mol. The summed E-state index contributed by atoms with van der Waals surface area (Å²) in [6, 6.07) is 24.3. The molecule has 1 aromatic heterocycles. The molecule has 224 valence electrons. The molecule has 0 radical (unpaired) electrons. The van der Waals surface area contributed by atoms with E-state index in [1.54, 1.807) is 7.11 Å². The quantitative estimate of drug-likeness (QED) is 0.227. The van der Waals surface area contributed by atoms with E-state index < -0.39 is 0 Å². The predicted octanol–water partition coefficient (Wildman–Crippen LogP) is 6.26. The van der Waals surface area contributed by atoms with Gasteiger partial charge in [0.05, 0.1) is 18.5 Å². The van der Waals surface area contributed by atoms with E-state index in [0.29, 0.717) is 12.2 Å². The molecule has 0 bridgehead atoms. The van der Waals surface area contributed by atoms with Crippen LogP contribution in [0, 0.1) is 20.8 Å². The summed E-state index contributed by atoms with van der Waals surface area (Å²) in [5, 5.41) is 3.12. The van der Waals surface area contributed by atoms with Crippen LogP contribution in [0.1, 0.15) is 33.7 Å². The number of anilines is 1. The van der Waals surface area contributed by atoms with Crippen LogP contribution in [0.2, 0.25) is 0 Å². The number of para-hydroxylation sites is 2. The molecule has 4 aromatic rings. The van der Waals surface area contributed by atoms with Crippen LogP contribution < -0.4 is 15.0 Å². The van der Waals surface area contributed by atoms with Crippen molar-refractivity contribution in [2.75, 3.05) is 51.3 Å². The van der Waals surface area contributed by atoms with E-state index in [-0.39, 0.29) is 30.7 Å². The number of nitrogens with one attached hydrogen (secondary N) is 1. The monoisotopic (exact) mass is 609 g/mol. The smallest absolute Gasteiger partial charge is 0.271 e. The molecule has 0 atom stereocenters. The maximum Gasteiger partial charge on any atom is 0.271 e. The lowest BCUT2D eigenvalue weighted by molar-refractivity contribution is 0.0946.